The first-order chi connectivity index (χ1) is 13.6. The van der Waals surface area contributed by atoms with Crippen LogP contribution in [-0.4, -0.2) is 78.4 Å². The van der Waals surface area contributed by atoms with Gasteiger partial charge < -0.3 is 15.1 Å². The van der Waals surface area contributed by atoms with E-state index in [0.29, 0.717) is 25.6 Å². The maximum atomic E-state index is 12.5. The summed E-state index contributed by atoms with van der Waals surface area (Å²) in [5.74, 6) is 0.119. The van der Waals surface area contributed by atoms with E-state index in [9.17, 15) is 9.59 Å². The second kappa shape index (κ2) is 8.62. The van der Waals surface area contributed by atoms with Crippen LogP contribution in [0, 0.1) is 0 Å². The molecule has 1 atom stereocenters. The van der Waals surface area contributed by atoms with Crippen LogP contribution >= 0.6 is 0 Å². The number of likely N-dealkylation sites (tertiary alicyclic amines) is 2. The number of hydrogen-bond acceptors (Lipinski definition) is 4. The quantitative estimate of drug-likeness (QED) is 0.840. The van der Waals surface area contributed by atoms with Gasteiger partial charge in [-0.15, -0.1) is 0 Å². The van der Waals surface area contributed by atoms with Crippen LogP contribution in [0.5, 0.6) is 0 Å². The topological polar surface area (TPSA) is 55.9 Å². The first-order valence-electron chi connectivity index (χ1n) is 10.7. The van der Waals surface area contributed by atoms with E-state index in [-0.39, 0.29) is 17.9 Å². The van der Waals surface area contributed by atoms with E-state index in [1.807, 2.05) is 24.3 Å². The number of nitrogens with one attached hydrogen (secondary N) is 1. The molecule has 0 saturated carbocycles. The highest BCUT2D eigenvalue weighted by molar-refractivity contribution is 5.98. The third-order valence-electron chi connectivity index (χ3n) is 6.53. The number of hydrogen-bond donors (Lipinski definition) is 1. The molecule has 2 saturated heterocycles. The average Bonchev–Trinajstić information content (AvgIpc) is 3.03. The fourth-order valence-corrected chi connectivity index (χ4v) is 4.85. The van der Waals surface area contributed by atoms with Gasteiger partial charge in [-0.05, 0) is 64.0 Å². The lowest BCUT2D eigenvalue weighted by Crippen LogP contribution is -2.53. The summed E-state index contributed by atoms with van der Waals surface area (Å²) in [6.07, 6.45) is 5.05. The van der Waals surface area contributed by atoms with Crippen molar-refractivity contribution in [2.75, 3.05) is 39.8 Å². The highest BCUT2D eigenvalue weighted by atomic mass is 16.2. The number of fused-ring (bicyclic) bond motifs is 1. The Kier molecular flexibility index (Phi) is 5.97. The summed E-state index contributed by atoms with van der Waals surface area (Å²) in [4.78, 5) is 31.7. The number of nitrogens with zero attached hydrogens (tertiary/aromatic N) is 3. The second-order valence-electron chi connectivity index (χ2n) is 8.57. The van der Waals surface area contributed by atoms with E-state index < -0.39 is 0 Å². The minimum Gasteiger partial charge on any atom is -0.352 e. The van der Waals surface area contributed by atoms with Gasteiger partial charge in [0.1, 0.15) is 0 Å². The summed E-state index contributed by atoms with van der Waals surface area (Å²) in [6.45, 7) is 5.57. The van der Waals surface area contributed by atoms with E-state index in [1.54, 1.807) is 4.90 Å². The minimum absolute atomic E-state index is 0.0505. The van der Waals surface area contributed by atoms with Crippen LogP contribution in [0.4, 0.5) is 0 Å². The summed E-state index contributed by atoms with van der Waals surface area (Å²) < 4.78 is 0. The lowest BCUT2D eigenvalue weighted by Gasteiger charge is -2.41. The number of carbonyl (C=O) groups is 2. The number of piperidine rings is 2. The van der Waals surface area contributed by atoms with E-state index in [2.05, 4.69) is 22.2 Å². The average molecular weight is 385 g/mol. The van der Waals surface area contributed by atoms with Crippen LogP contribution in [0.3, 0.4) is 0 Å². The summed E-state index contributed by atoms with van der Waals surface area (Å²) >= 11 is 0. The molecule has 4 rings (SSSR count). The summed E-state index contributed by atoms with van der Waals surface area (Å²) in [5, 5.41) is 3.23. The van der Waals surface area contributed by atoms with Gasteiger partial charge in [-0.2, -0.15) is 0 Å². The van der Waals surface area contributed by atoms with E-state index in [0.717, 1.165) is 37.1 Å². The molecule has 1 aromatic rings. The molecule has 0 unspecified atom stereocenters. The zero-order chi connectivity index (χ0) is 19.5. The zero-order valence-electron chi connectivity index (χ0n) is 16.9. The molecular formula is C22H32N4O2. The number of rotatable bonds is 5. The molecule has 0 spiro atoms. The fourth-order valence-electron chi connectivity index (χ4n) is 4.85. The summed E-state index contributed by atoms with van der Waals surface area (Å²) in [6, 6.07) is 8.63. The Morgan fingerprint density at radius 3 is 2.71 bits per heavy atom. The first-order valence-corrected chi connectivity index (χ1v) is 10.7. The van der Waals surface area contributed by atoms with Crippen molar-refractivity contribution in [1.82, 2.24) is 20.0 Å². The Labute approximate surface area is 167 Å². The van der Waals surface area contributed by atoms with Gasteiger partial charge in [0.2, 0.25) is 5.91 Å². The van der Waals surface area contributed by atoms with Gasteiger partial charge in [0.25, 0.3) is 5.91 Å². The van der Waals surface area contributed by atoms with Crippen molar-refractivity contribution in [2.24, 2.45) is 0 Å². The number of carbonyl (C=O) groups excluding carboxylic acids is 2. The first kappa shape index (κ1) is 19.4. The van der Waals surface area contributed by atoms with Crippen molar-refractivity contribution < 1.29 is 9.59 Å². The molecule has 3 aliphatic heterocycles. The maximum Gasteiger partial charge on any atom is 0.254 e. The Morgan fingerprint density at radius 2 is 1.93 bits per heavy atom. The minimum atomic E-state index is 0.0505. The molecule has 0 radical (unpaired) electrons. The van der Waals surface area contributed by atoms with Gasteiger partial charge in [0.05, 0.1) is 0 Å². The zero-order valence-corrected chi connectivity index (χ0v) is 16.9. The van der Waals surface area contributed by atoms with Crippen LogP contribution in [0.2, 0.25) is 0 Å². The molecule has 6 heteroatoms. The largest absolute Gasteiger partial charge is 0.352 e. The lowest BCUT2D eigenvalue weighted by atomic mass is 9.98. The normalized spacial score (nSPS) is 24.4. The third kappa shape index (κ3) is 4.39. The van der Waals surface area contributed by atoms with Gasteiger partial charge in [-0.1, -0.05) is 18.2 Å². The standard InChI is InChI=1S/C22H32N4O2/c1-24-12-8-19(9-13-24)25-11-4-6-18(16-25)23-21(27)10-14-26-15-17-5-2-3-7-20(17)22(26)28/h2-3,5,7,18-19H,4,6,8-16H2,1H3,(H,23,27)/t18-/m0/s1. The lowest BCUT2D eigenvalue weighted by molar-refractivity contribution is -0.122. The van der Waals surface area contributed by atoms with Crippen LogP contribution in [0.1, 0.15) is 48.0 Å². The molecule has 28 heavy (non-hydrogen) atoms. The molecule has 3 aliphatic rings. The smallest absolute Gasteiger partial charge is 0.254 e. The van der Waals surface area contributed by atoms with Crippen molar-refractivity contribution in [3.63, 3.8) is 0 Å². The molecule has 1 N–H and O–H groups in total. The molecule has 1 aromatic carbocycles. The Balaban J connectivity index is 1.22. The van der Waals surface area contributed by atoms with Gasteiger partial charge in [0, 0.05) is 43.7 Å². The SMILES string of the molecule is CN1CCC(N2CCC[C@H](NC(=O)CCN3Cc4ccccc4C3=O)C2)CC1. The van der Waals surface area contributed by atoms with Crippen LogP contribution in [-0.2, 0) is 11.3 Å². The Morgan fingerprint density at radius 1 is 1.14 bits per heavy atom. The molecule has 0 aromatic heterocycles. The van der Waals surface area contributed by atoms with Crippen LogP contribution in [0.25, 0.3) is 0 Å². The van der Waals surface area contributed by atoms with Crippen molar-refractivity contribution in [3.8, 4) is 0 Å². The predicted octanol–water partition coefficient (Wildman–Crippen LogP) is 1.71. The van der Waals surface area contributed by atoms with Crippen molar-refractivity contribution >= 4 is 11.8 Å². The van der Waals surface area contributed by atoms with Gasteiger partial charge in [-0.25, -0.2) is 0 Å². The van der Waals surface area contributed by atoms with Gasteiger partial charge in [0.15, 0.2) is 0 Å². The highest BCUT2D eigenvalue weighted by Gasteiger charge is 2.30. The van der Waals surface area contributed by atoms with E-state index in [4.69, 9.17) is 0 Å². The predicted molar refractivity (Wildman–Crippen MR) is 109 cm³/mol. The number of benzene rings is 1. The van der Waals surface area contributed by atoms with E-state index in [1.165, 1.54) is 25.9 Å². The summed E-state index contributed by atoms with van der Waals surface area (Å²) in [7, 11) is 2.19. The third-order valence-corrected chi connectivity index (χ3v) is 6.53. The van der Waals surface area contributed by atoms with Crippen LogP contribution in [0.15, 0.2) is 24.3 Å². The highest BCUT2D eigenvalue weighted by Crippen LogP contribution is 2.23. The van der Waals surface area contributed by atoms with Gasteiger partial charge >= 0.3 is 0 Å². The maximum absolute atomic E-state index is 12.5. The van der Waals surface area contributed by atoms with Crippen molar-refractivity contribution in [2.45, 2.75) is 50.7 Å². The molecule has 3 heterocycles. The molecule has 152 valence electrons. The molecule has 2 fully saturated rings. The van der Waals surface area contributed by atoms with Crippen LogP contribution < -0.4 is 5.32 Å². The monoisotopic (exact) mass is 384 g/mol. The fraction of sp³-hybridized carbons (Fsp3) is 0.636. The Hall–Kier alpha value is -1.92. The molecule has 2 amide bonds. The number of amides is 2. The van der Waals surface area contributed by atoms with Crippen molar-refractivity contribution in [1.29, 1.82) is 0 Å². The van der Waals surface area contributed by atoms with E-state index >= 15 is 0 Å². The summed E-state index contributed by atoms with van der Waals surface area (Å²) in [5.41, 5.74) is 1.85. The molecule has 0 bridgehead atoms. The van der Waals surface area contributed by atoms with Crippen molar-refractivity contribution in [3.05, 3.63) is 35.4 Å². The van der Waals surface area contributed by atoms with Gasteiger partial charge in [-0.3, -0.25) is 14.5 Å². The molecular weight excluding hydrogens is 352 g/mol. The Bertz CT molecular complexity index is 714. The molecule has 6 nitrogen and oxygen atoms in total. The second-order valence-corrected chi connectivity index (χ2v) is 8.57. The molecule has 0 aliphatic carbocycles.